The minimum absolute atomic E-state index is 0.0318. The Balaban J connectivity index is 0.00000181. The fourth-order valence-corrected chi connectivity index (χ4v) is 3.80. The molecular weight excluding hydrogens is 519 g/mol. The van der Waals surface area contributed by atoms with Gasteiger partial charge in [0.2, 0.25) is 5.91 Å². The van der Waals surface area contributed by atoms with Gasteiger partial charge in [-0.2, -0.15) is 13.2 Å². The monoisotopic (exact) mass is 563 g/mol. The molecule has 0 aliphatic heterocycles. The number of carboxylic acids is 2. The summed E-state index contributed by atoms with van der Waals surface area (Å²) >= 11 is 0. The molecule has 39 heavy (non-hydrogen) atoms. The predicted molar refractivity (Wildman–Crippen MR) is 140 cm³/mol. The molecule has 1 heterocycles. The first-order chi connectivity index (χ1) is 18.5. The van der Waals surface area contributed by atoms with Crippen LogP contribution < -0.4 is 5.32 Å². The number of aromatic nitrogens is 2. The van der Waals surface area contributed by atoms with Crippen LogP contribution in [0.3, 0.4) is 0 Å². The smallest absolute Gasteiger partial charge is 0.480 e. The van der Waals surface area contributed by atoms with E-state index in [1.54, 1.807) is 0 Å². The number of carboxylic acid groups (broad SMARTS) is 2. The fourth-order valence-electron chi connectivity index (χ4n) is 3.80. The van der Waals surface area contributed by atoms with Crippen LogP contribution >= 0.6 is 0 Å². The Morgan fingerprint density at radius 3 is 1.74 bits per heavy atom. The number of rotatable bonds is 21. The summed E-state index contributed by atoms with van der Waals surface area (Å²) in [5.41, 5.74) is 0.635. The second-order valence-electron chi connectivity index (χ2n) is 9.57. The molecule has 12 heteroatoms. The van der Waals surface area contributed by atoms with Gasteiger partial charge in [-0.15, -0.1) is 0 Å². The molecule has 0 aliphatic carbocycles. The molecule has 1 atom stereocenters. The molecule has 0 radical (unpaired) electrons. The standard InChI is InChI=1S/C25H43N3O4.C2HF3O2/c1-2-3-4-5-6-7-8-9-10-11-12-13-14-15-22(29)16-17-24(30)28-23(25(31)32)18-21-19-26-20-27-21;3-2(4,5)1(6)7/h19-20,23H,2-18H2,1H3,(H,26,27)(H,28,30)(H,31,32);(H,6,7). The average molecular weight is 564 g/mol. The highest BCUT2D eigenvalue weighted by Crippen LogP contribution is 2.14. The van der Waals surface area contributed by atoms with Gasteiger partial charge in [0.25, 0.3) is 0 Å². The van der Waals surface area contributed by atoms with Crippen LogP contribution in [0, 0.1) is 0 Å². The van der Waals surface area contributed by atoms with Crippen LogP contribution in [0.25, 0.3) is 0 Å². The largest absolute Gasteiger partial charge is 0.490 e. The number of halogens is 3. The molecule has 0 fully saturated rings. The highest BCUT2D eigenvalue weighted by molar-refractivity contribution is 5.87. The molecule has 1 aromatic rings. The quantitative estimate of drug-likeness (QED) is 0.134. The van der Waals surface area contributed by atoms with Gasteiger partial charge in [0, 0.05) is 37.6 Å². The zero-order valence-electron chi connectivity index (χ0n) is 22.9. The average Bonchev–Trinajstić information content (AvgIpc) is 3.38. The van der Waals surface area contributed by atoms with E-state index >= 15 is 0 Å². The number of nitrogens with zero attached hydrogens (tertiary/aromatic N) is 1. The molecule has 224 valence electrons. The number of aliphatic carboxylic acids is 2. The minimum Gasteiger partial charge on any atom is -0.480 e. The van der Waals surface area contributed by atoms with E-state index in [9.17, 15) is 32.7 Å². The summed E-state index contributed by atoms with van der Waals surface area (Å²) in [7, 11) is 0. The Labute approximate surface area is 228 Å². The van der Waals surface area contributed by atoms with Crippen molar-refractivity contribution in [1.82, 2.24) is 15.3 Å². The summed E-state index contributed by atoms with van der Waals surface area (Å²) in [4.78, 5) is 50.9. The molecule has 0 spiro atoms. The van der Waals surface area contributed by atoms with Crippen molar-refractivity contribution in [2.24, 2.45) is 0 Å². The highest BCUT2D eigenvalue weighted by atomic mass is 19.4. The van der Waals surface area contributed by atoms with E-state index in [0.29, 0.717) is 12.1 Å². The van der Waals surface area contributed by atoms with Gasteiger partial charge in [0.1, 0.15) is 11.8 Å². The Morgan fingerprint density at radius 2 is 1.33 bits per heavy atom. The molecule has 1 aromatic heterocycles. The Bertz CT molecular complexity index is 816. The second kappa shape index (κ2) is 22.0. The van der Waals surface area contributed by atoms with Crippen molar-refractivity contribution in [3.63, 3.8) is 0 Å². The second-order valence-corrected chi connectivity index (χ2v) is 9.57. The molecule has 0 aromatic carbocycles. The van der Waals surface area contributed by atoms with Gasteiger partial charge in [0.15, 0.2) is 0 Å². The number of hydrogen-bond acceptors (Lipinski definition) is 5. The number of nitrogens with one attached hydrogen (secondary N) is 2. The van der Waals surface area contributed by atoms with Crippen LogP contribution in [0.5, 0.6) is 0 Å². The summed E-state index contributed by atoms with van der Waals surface area (Å²) in [6.07, 6.45) is 15.2. The molecule has 0 bridgehead atoms. The van der Waals surface area contributed by atoms with E-state index < -0.39 is 30.1 Å². The van der Waals surface area contributed by atoms with Crippen LogP contribution in [0.2, 0.25) is 0 Å². The number of Topliss-reactive ketones (excluding diaryl/α,β-unsaturated/α-hetero) is 1. The number of carbonyl (C=O) groups excluding carboxylic acids is 2. The zero-order valence-corrected chi connectivity index (χ0v) is 22.9. The molecule has 1 unspecified atom stereocenters. The minimum atomic E-state index is -5.08. The van der Waals surface area contributed by atoms with Crippen molar-refractivity contribution >= 4 is 23.6 Å². The van der Waals surface area contributed by atoms with Gasteiger partial charge in [-0.3, -0.25) is 9.59 Å². The first-order valence-electron chi connectivity index (χ1n) is 13.8. The third kappa shape index (κ3) is 21.7. The Kier molecular flexibility index (Phi) is 20.3. The third-order valence-electron chi connectivity index (χ3n) is 6.04. The maximum atomic E-state index is 12.0. The van der Waals surface area contributed by atoms with E-state index in [4.69, 9.17) is 9.90 Å². The zero-order chi connectivity index (χ0) is 29.5. The molecule has 9 nitrogen and oxygen atoms in total. The van der Waals surface area contributed by atoms with Crippen molar-refractivity contribution in [2.45, 2.75) is 128 Å². The Hall–Kier alpha value is -2.92. The molecular formula is C27H44F3N3O6. The molecule has 0 aliphatic rings. The number of imidazole rings is 1. The molecule has 0 saturated heterocycles. The first-order valence-corrected chi connectivity index (χ1v) is 13.8. The summed E-state index contributed by atoms with van der Waals surface area (Å²) < 4.78 is 31.7. The van der Waals surface area contributed by atoms with E-state index in [1.165, 1.54) is 76.7 Å². The van der Waals surface area contributed by atoms with Gasteiger partial charge in [-0.1, -0.05) is 84.0 Å². The number of H-pyrrole nitrogens is 1. The topological polar surface area (TPSA) is 149 Å². The maximum absolute atomic E-state index is 12.0. The first kappa shape index (κ1) is 36.1. The lowest BCUT2D eigenvalue weighted by Gasteiger charge is -2.13. The molecule has 1 amide bonds. The lowest BCUT2D eigenvalue weighted by atomic mass is 10.0. The number of hydrogen-bond donors (Lipinski definition) is 4. The fraction of sp³-hybridized carbons (Fsp3) is 0.741. The molecule has 0 saturated carbocycles. The summed E-state index contributed by atoms with van der Waals surface area (Å²) in [5, 5.41) is 18.9. The number of unbranched alkanes of at least 4 members (excludes halogenated alkanes) is 12. The van der Waals surface area contributed by atoms with E-state index in [-0.39, 0.29) is 25.0 Å². The lowest BCUT2D eigenvalue weighted by molar-refractivity contribution is -0.192. The number of alkyl halides is 3. The van der Waals surface area contributed by atoms with Crippen LogP contribution in [-0.4, -0.2) is 56.0 Å². The Morgan fingerprint density at radius 1 is 0.846 bits per heavy atom. The van der Waals surface area contributed by atoms with Gasteiger partial charge < -0.3 is 20.5 Å². The molecule has 4 N–H and O–H groups in total. The van der Waals surface area contributed by atoms with Crippen LogP contribution in [-0.2, 0) is 25.6 Å². The van der Waals surface area contributed by atoms with Crippen LogP contribution in [0.4, 0.5) is 13.2 Å². The number of carbonyl (C=O) groups is 4. The van der Waals surface area contributed by atoms with Crippen molar-refractivity contribution in [2.75, 3.05) is 0 Å². The predicted octanol–water partition coefficient (Wildman–Crippen LogP) is 5.99. The maximum Gasteiger partial charge on any atom is 0.490 e. The van der Waals surface area contributed by atoms with Gasteiger partial charge in [-0.05, 0) is 6.42 Å². The number of aromatic amines is 1. The van der Waals surface area contributed by atoms with Crippen molar-refractivity contribution < 1.29 is 42.6 Å². The van der Waals surface area contributed by atoms with Crippen LogP contribution in [0.15, 0.2) is 12.5 Å². The van der Waals surface area contributed by atoms with Crippen molar-refractivity contribution in [3.05, 3.63) is 18.2 Å². The summed E-state index contributed by atoms with van der Waals surface area (Å²) in [5.74, 6) is -4.20. The molecule has 1 rings (SSSR count). The van der Waals surface area contributed by atoms with Gasteiger partial charge >= 0.3 is 18.1 Å². The third-order valence-corrected chi connectivity index (χ3v) is 6.04. The number of amides is 1. The van der Waals surface area contributed by atoms with E-state index in [2.05, 4.69) is 22.2 Å². The lowest BCUT2D eigenvalue weighted by Crippen LogP contribution is -2.42. The van der Waals surface area contributed by atoms with E-state index in [1.807, 2.05) is 0 Å². The normalized spacial score (nSPS) is 11.8. The SMILES string of the molecule is CCCCCCCCCCCCCCCC(=O)CCC(=O)NC(Cc1cnc[nH]1)C(=O)O.O=C(O)C(F)(F)F. The highest BCUT2D eigenvalue weighted by Gasteiger charge is 2.38. The van der Waals surface area contributed by atoms with Crippen molar-refractivity contribution in [1.29, 1.82) is 0 Å². The van der Waals surface area contributed by atoms with Gasteiger partial charge in [0.05, 0.1) is 6.33 Å². The summed E-state index contributed by atoms with van der Waals surface area (Å²) in [6, 6.07) is -1.03. The number of ketones is 1. The van der Waals surface area contributed by atoms with Crippen molar-refractivity contribution in [3.8, 4) is 0 Å². The van der Waals surface area contributed by atoms with Crippen LogP contribution in [0.1, 0.15) is 115 Å². The van der Waals surface area contributed by atoms with Gasteiger partial charge in [-0.25, -0.2) is 14.6 Å². The summed E-state index contributed by atoms with van der Waals surface area (Å²) in [6.45, 7) is 2.25. The van der Waals surface area contributed by atoms with E-state index in [0.717, 1.165) is 19.3 Å².